The number of anilines is 5. The molecule has 0 aliphatic carbocycles. The first-order valence-electron chi connectivity index (χ1n) is 17.7. The summed E-state index contributed by atoms with van der Waals surface area (Å²) in [6.45, 7) is 0. The second-order valence-corrected chi connectivity index (χ2v) is 13.2. The molecular formula is C47H33N5. The van der Waals surface area contributed by atoms with Crippen molar-refractivity contribution in [3.63, 3.8) is 0 Å². The van der Waals surface area contributed by atoms with Crippen LogP contribution in [0.25, 0.3) is 33.9 Å². The molecule has 7 aromatic carbocycles. The Hall–Kier alpha value is -6.85. The summed E-state index contributed by atoms with van der Waals surface area (Å²) in [4.78, 5) is 20.4. The maximum atomic E-state index is 5.25. The third-order valence-corrected chi connectivity index (χ3v) is 10.3. The summed E-state index contributed by atoms with van der Waals surface area (Å²) in [6, 6.07) is 66.3. The van der Waals surface area contributed by atoms with Crippen LogP contribution in [0.1, 0.15) is 28.7 Å². The number of fused-ring (bicyclic) bond motifs is 7. The first kappa shape index (κ1) is 30.0. The fourth-order valence-corrected chi connectivity index (χ4v) is 8.06. The van der Waals surface area contributed by atoms with E-state index in [4.69, 9.17) is 15.0 Å². The van der Waals surface area contributed by atoms with Gasteiger partial charge in [0.1, 0.15) is 0 Å². The van der Waals surface area contributed by atoms with Crippen molar-refractivity contribution in [2.24, 2.45) is 0 Å². The van der Waals surface area contributed by atoms with E-state index < -0.39 is 0 Å². The van der Waals surface area contributed by atoms with Gasteiger partial charge in [0.2, 0.25) is 5.95 Å². The molecule has 0 radical (unpaired) electrons. The Morgan fingerprint density at radius 2 is 0.865 bits per heavy atom. The number of aromatic nitrogens is 3. The molecule has 2 atom stereocenters. The van der Waals surface area contributed by atoms with E-state index in [0.717, 1.165) is 28.2 Å². The van der Waals surface area contributed by atoms with Crippen LogP contribution < -0.4 is 9.80 Å². The zero-order valence-corrected chi connectivity index (χ0v) is 28.3. The van der Waals surface area contributed by atoms with Crippen LogP contribution in [-0.2, 0) is 0 Å². The Kier molecular flexibility index (Phi) is 7.21. The molecule has 5 nitrogen and oxygen atoms in total. The van der Waals surface area contributed by atoms with E-state index in [0.29, 0.717) is 17.6 Å². The molecule has 0 saturated heterocycles. The molecule has 0 fully saturated rings. The molecule has 0 bridgehead atoms. The van der Waals surface area contributed by atoms with Gasteiger partial charge in [0.05, 0.1) is 23.1 Å². The number of rotatable bonds is 5. The highest BCUT2D eigenvalue weighted by atomic mass is 15.3. The molecule has 52 heavy (non-hydrogen) atoms. The molecule has 2 unspecified atom stereocenters. The third-order valence-electron chi connectivity index (χ3n) is 10.3. The number of hydrogen-bond acceptors (Lipinski definition) is 5. The Labute approximate surface area is 303 Å². The van der Waals surface area contributed by atoms with Crippen molar-refractivity contribution in [3.8, 4) is 33.9 Å². The molecule has 5 heteroatoms. The lowest BCUT2D eigenvalue weighted by Crippen LogP contribution is -2.23. The van der Waals surface area contributed by atoms with E-state index in [1.807, 2.05) is 36.4 Å². The quantitative estimate of drug-likeness (QED) is 0.183. The molecule has 8 aromatic rings. The minimum atomic E-state index is -0.0476. The molecule has 10 rings (SSSR count). The van der Waals surface area contributed by atoms with Crippen LogP contribution >= 0.6 is 0 Å². The van der Waals surface area contributed by atoms with Crippen molar-refractivity contribution in [1.29, 1.82) is 0 Å². The second-order valence-electron chi connectivity index (χ2n) is 13.2. The molecule has 2 aliphatic rings. The van der Waals surface area contributed by atoms with Gasteiger partial charge in [-0.1, -0.05) is 164 Å². The topological polar surface area (TPSA) is 45.2 Å². The Morgan fingerprint density at radius 1 is 0.385 bits per heavy atom. The monoisotopic (exact) mass is 667 g/mol. The normalized spacial score (nSPS) is 15.6. The first-order chi connectivity index (χ1) is 25.8. The standard InChI is InChI=1S/C47H33N5/c1-5-18-32(19-6-1)36-28-17-29-39-42-37-26-13-15-30-40(37)52(41-31-16-14-27-38(41)44(42)51(43(36)39)35-24-11-4-12-25-35)47-49-45(33-20-7-2-8-21-33)48-46(50-47)34-22-9-3-10-23-34/h1-31,42,44H. The van der Waals surface area contributed by atoms with E-state index in [1.165, 1.54) is 33.5 Å². The molecule has 246 valence electrons. The highest BCUT2D eigenvalue weighted by molar-refractivity contribution is 5.92. The van der Waals surface area contributed by atoms with Crippen LogP contribution in [0, 0.1) is 0 Å². The summed E-state index contributed by atoms with van der Waals surface area (Å²) >= 11 is 0. The van der Waals surface area contributed by atoms with Gasteiger partial charge in [0, 0.05) is 33.9 Å². The zero-order valence-electron chi connectivity index (χ0n) is 28.3. The fourth-order valence-electron chi connectivity index (χ4n) is 8.06. The molecule has 0 amide bonds. The van der Waals surface area contributed by atoms with Gasteiger partial charge in [0.25, 0.3) is 0 Å². The van der Waals surface area contributed by atoms with Crippen molar-refractivity contribution in [2.75, 3.05) is 9.80 Å². The van der Waals surface area contributed by atoms with E-state index in [2.05, 4.69) is 161 Å². The number of benzene rings is 7. The molecule has 0 N–H and O–H groups in total. The van der Waals surface area contributed by atoms with Crippen molar-refractivity contribution in [2.45, 2.75) is 12.0 Å². The lowest BCUT2D eigenvalue weighted by Gasteiger charge is -2.32. The van der Waals surface area contributed by atoms with Gasteiger partial charge in [-0.25, -0.2) is 4.98 Å². The van der Waals surface area contributed by atoms with Crippen LogP contribution in [0.5, 0.6) is 0 Å². The molecule has 1 aromatic heterocycles. The van der Waals surface area contributed by atoms with Crippen LogP contribution in [0.15, 0.2) is 188 Å². The Morgan fingerprint density at radius 3 is 1.48 bits per heavy atom. The second kappa shape index (κ2) is 12.5. The van der Waals surface area contributed by atoms with Gasteiger partial charge in [-0.2, -0.15) is 9.97 Å². The first-order valence-corrected chi connectivity index (χ1v) is 17.7. The van der Waals surface area contributed by atoms with Gasteiger partial charge in [-0.3, -0.25) is 4.90 Å². The maximum absolute atomic E-state index is 5.25. The summed E-state index contributed by atoms with van der Waals surface area (Å²) in [6.07, 6.45) is 0. The molecule has 3 heterocycles. The maximum Gasteiger partial charge on any atom is 0.238 e. The van der Waals surface area contributed by atoms with E-state index >= 15 is 0 Å². The van der Waals surface area contributed by atoms with Crippen molar-refractivity contribution < 1.29 is 0 Å². The minimum Gasteiger partial charge on any atom is -0.332 e. The van der Waals surface area contributed by atoms with Crippen molar-refractivity contribution >= 4 is 28.7 Å². The Balaban J connectivity index is 1.27. The molecule has 0 saturated carbocycles. The van der Waals surface area contributed by atoms with Gasteiger partial charge in [-0.05, 0) is 41.0 Å². The largest absolute Gasteiger partial charge is 0.332 e. The summed E-state index contributed by atoms with van der Waals surface area (Å²) in [5, 5.41) is 0. The van der Waals surface area contributed by atoms with Crippen molar-refractivity contribution in [1.82, 2.24) is 15.0 Å². The van der Waals surface area contributed by atoms with E-state index in [1.54, 1.807) is 0 Å². The smallest absolute Gasteiger partial charge is 0.238 e. The summed E-state index contributed by atoms with van der Waals surface area (Å²) < 4.78 is 0. The van der Waals surface area contributed by atoms with Crippen LogP contribution in [0.4, 0.5) is 28.7 Å². The summed E-state index contributed by atoms with van der Waals surface area (Å²) in [7, 11) is 0. The molecular weight excluding hydrogens is 635 g/mol. The molecule has 0 spiro atoms. The number of nitrogens with zero attached hydrogens (tertiary/aromatic N) is 5. The average molecular weight is 668 g/mol. The van der Waals surface area contributed by atoms with Crippen LogP contribution in [-0.4, -0.2) is 15.0 Å². The van der Waals surface area contributed by atoms with Gasteiger partial charge < -0.3 is 4.90 Å². The van der Waals surface area contributed by atoms with Crippen LogP contribution in [0.3, 0.4) is 0 Å². The Bertz CT molecular complexity index is 2480. The number of para-hydroxylation sites is 4. The summed E-state index contributed by atoms with van der Waals surface area (Å²) in [5.41, 5.74) is 12.5. The lowest BCUT2D eigenvalue weighted by atomic mass is 9.84. The van der Waals surface area contributed by atoms with Gasteiger partial charge in [-0.15, -0.1) is 0 Å². The average Bonchev–Trinajstić information content (AvgIpc) is 3.51. The lowest BCUT2D eigenvalue weighted by molar-refractivity contribution is 0.665. The molecule has 2 aliphatic heterocycles. The highest BCUT2D eigenvalue weighted by Crippen LogP contribution is 2.62. The predicted molar refractivity (Wildman–Crippen MR) is 210 cm³/mol. The SMILES string of the molecule is c1ccc(-c2nc(-c3ccccc3)nc(N3c4ccccc4C4c5cccc(-c6ccccc6)c5N(c5ccccc5)C4c4ccccc43)n2)cc1. The van der Waals surface area contributed by atoms with Crippen LogP contribution in [0.2, 0.25) is 0 Å². The van der Waals surface area contributed by atoms with Gasteiger partial charge >= 0.3 is 0 Å². The fraction of sp³-hybridized carbons (Fsp3) is 0.0426. The zero-order chi connectivity index (χ0) is 34.4. The summed E-state index contributed by atoms with van der Waals surface area (Å²) in [5.74, 6) is 1.86. The third kappa shape index (κ3) is 4.89. The minimum absolute atomic E-state index is 0.0187. The van der Waals surface area contributed by atoms with Gasteiger partial charge in [0.15, 0.2) is 11.6 Å². The van der Waals surface area contributed by atoms with E-state index in [9.17, 15) is 0 Å². The predicted octanol–water partition coefficient (Wildman–Crippen LogP) is 11.7. The highest BCUT2D eigenvalue weighted by Gasteiger charge is 2.47. The van der Waals surface area contributed by atoms with E-state index in [-0.39, 0.29) is 12.0 Å². The number of hydrogen-bond donors (Lipinski definition) is 0. The van der Waals surface area contributed by atoms with Crippen molar-refractivity contribution in [3.05, 3.63) is 205 Å².